The lowest BCUT2D eigenvalue weighted by atomic mass is 9.94. The topological polar surface area (TPSA) is 44.5 Å². The number of hydrogen-bond donors (Lipinski definition) is 1. The zero-order chi connectivity index (χ0) is 13.0. The Hall–Kier alpha value is -1.22. The van der Waals surface area contributed by atoms with Gasteiger partial charge in [-0.05, 0) is 62.3 Å². The van der Waals surface area contributed by atoms with Crippen molar-refractivity contribution in [1.82, 2.24) is 0 Å². The van der Waals surface area contributed by atoms with Crippen LogP contribution in [0.4, 0.5) is 0 Å². The Morgan fingerprint density at radius 2 is 2.06 bits per heavy atom. The van der Waals surface area contributed by atoms with E-state index in [0.29, 0.717) is 5.92 Å². The van der Waals surface area contributed by atoms with Crippen LogP contribution < -0.4 is 15.2 Å². The molecule has 0 radical (unpaired) electrons. The van der Waals surface area contributed by atoms with E-state index < -0.39 is 0 Å². The lowest BCUT2D eigenvalue weighted by Crippen LogP contribution is -2.06. The summed E-state index contributed by atoms with van der Waals surface area (Å²) in [5, 5.41) is 0. The summed E-state index contributed by atoms with van der Waals surface area (Å²) in [7, 11) is 3.44. The highest BCUT2D eigenvalue weighted by atomic mass is 16.5. The van der Waals surface area contributed by atoms with E-state index in [4.69, 9.17) is 15.2 Å². The van der Waals surface area contributed by atoms with Crippen LogP contribution in [0.25, 0.3) is 0 Å². The third-order valence-corrected chi connectivity index (χ3v) is 3.99. The van der Waals surface area contributed by atoms with Gasteiger partial charge in [-0.2, -0.15) is 0 Å². The number of nitrogens with two attached hydrogens (primary N) is 1. The zero-order valence-electron chi connectivity index (χ0n) is 11.3. The molecule has 3 heteroatoms. The summed E-state index contributed by atoms with van der Waals surface area (Å²) in [6.07, 6.45) is 4.87. The van der Waals surface area contributed by atoms with Gasteiger partial charge in [0.2, 0.25) is 0 Å². The van der Waals surface area contributed by atoms with E-state index in [1.54, 1.807) is 14.2 Å². The van der Waals surface area contributed by atoms with Gasteiger partial charge in [0.15, 0.2) is 0 Å². The highest BCUT2D eigenvalue weighted by molar-refractivity contribution is 5.42. The van der Waals surface area contributed by atoms with E-state index in [2.05, 4.69) is 6.07 Å². The molecule has 1 saturated carbocycles. The van der Waals surface area contributed by atoms with Crippen molar-refractivity contribution in [2.75, 3.05) is 20.8 Å². The first kappa shape index (κ1) is 13.2. The van der Waals surface area contributed by atoms with E-state index in [9.17, 15) is 0 Å². The maximum atomic E-state index is 5.65. The van der Waals surface area contributed by atoms with Gasteiger partial charge >= 0.3 is 0 Å². The number of benzene rings is 1. The van der Waals surface area contributed by atoms with Gasteiger partial charge in [-0.15, -0.1) is 0 Å². The lowest BCUT2D eigenvalue weighted by Gasteiger charge is -2.16. The Kier molecular flexibility index (Phi) is 4.48. The second-order valence-corrected chi connectivity index (χ2v) is 5.06. The molecule has 1 aliphatic rings. The molecule has 0 aliphatic heterocycles. The van der Waals surface area contributed by atoms with Crippen LogP contribution in [0.2, 0.25) is 0 Å². The third kappa shape index (κ3) is 2.78. The van der Waals surface area contributed by atoms with E-state index >= 15 is 0 Å². The van der Waals surface area contributed by atoms with Crippen LogP contribution in [0.1, 0.15) is 37.2 Å². The van der Waals surface area contributed by atoms with Crippen LogP contribution in [0, 0.1) is 5.92 Å². The number of ether oxygens (including phenoxy) is 2. The fourth-order valence-corrected chi connectivity index (χ4v) is 3.01. The van der Waals surface area contributed by atoms with E-state index in [-0.39, 0.29) is 0 Å². The molecular weight excluding hydrogens is 226 g/mol. The Balaban J connectivity index is 2.16. The van der Waals surface area contributed by atoms with Crippen molar-refractivity contribution in [3.63, 3.8) is 0 Å². The first-order valence-electron chi connectivity index (χ1n) is 6.70. The van der Waals surface area contributed by atoms with Crippen LogP contribution in [-0.2, 0) is 0 Å². The average molecular weight is 249 g/mol. The second-order valence-electron chi connectivity index (χ2n) is 5.06. The molecule has 0 saturated heterocycles. The molecule has 0 amide bonds. The highest BCUT2D eigenvalue weighted by Gasteiger charge is 2.27. The van der Waals surface area contributed by atoms with Gasteiger partial charge in [0.25, 0.3) is 0 Å². The van der Waals surface area contributed by atoms with Gasteiger partial charge in [0.05, 0.1) is 14.2 Å². The minimum absolute atomic E-state index is 0.589. The van der Waals surface area contributed by atoms with Crippen LogP contribution in [0.15, 0.2) is 18.2 Å². The van der Waals surface area contributed by atoms with Gasteiger partial charge in [-0.25, -0.2) is 0 Å². The normalized spacial score (nSPS) is 23.1. The zero-order valence-corrected chi connectivity index (χ0v) is 11.3. The maximum Gasteiger partial charge on any atom is 0.122 e. The molecule has 1 aromatic rings. The van der Waals surface area contributed by atoms with Crippen LogP contribution >= 0.6 is 0 Å². The standard InChI is InChI=1S/C15H23NO2/c1-17-13-5-6-15(18-2)14(10-13)12-4-3-11(9-12)7-8-16/h5-6,10-12H,3-4,7-9,16H2,1-2H3. The maximum absolute atomic E-state index is 5.65. The first-order valence-corrected chi connectivity index (χ1v) is 6.70. The molecule has 0 bridgehead atoms. The molecule has 0 heterocycles. The molecule has 0 spiro atoms. The summed E-state index contributed by atoms with van der Waals surface area (Å²) < 4.78 is 10.8. The van der Waals surface area contributed by atoms with Crippen molar-refractivity contribution in [2.24, 2.45) is 11.7 Å². The van der Waals surface area contributed by atoms with Gasteiger partial charge < -0.3 is 15.2 Å². The molecule has 1 aliphatic carbocycles. The average Bonchev–Trinajstić information content (AvgIpc) is 2.87. The Bertz CT molecular complexity index is 392. The summed E-state index contributed by atoms with van der Waals surface area (Å²) in [4.78, 5) is 0. The SMILES string of the molecule is COc1ccc(OC)c(C2CCC(CCN)C2)c1. The number of rotatable bonds is 5. The summed E-state index contributed by atoms with van der Waals surface area (Å²) in [5.74, 6) is 3.25. The fourth-order valence-electron chi connectivity index (χ4n) is 3.01. The molecule has 3 nitrogen and oxygen atoms in total. The van der Waals surface area contributed by atoms with Crippen molar-refractivity contribution in [3.05, 3.63) is 23.8 Å². The van der Waals surface area contributed by atoms with Gasteiger partial charge in [0, 0.05) is 5.56 Å². The van der Waals surface area contributed by atoms with E-state index in [1.807, 2.05) is 12.1 Å². The third-order valence-electron chi connectivity index (χ3n) is 3.99. The monoisotopic (exact) mass is 249 g/mol. The fraction of sp³-hybridized carbons (Fsp3) is 0.600. The van der Waals surface area contributed by atoms with E-state index in [1.165, 1.54) is 24.8 Å². The van der Waals surface area contributed by atoms with Gasteiger partial charge in [-0.3, -0.25) is 0 Å². The second kappa shape index (κ2) is 6.10. The summed E-state index contributed by atoms with van der Waals surface area (Å²) in [6.45, 7) is 0.798. The molecule has 1 aromatic carbocycles. The van der Waals surface area contributed by atoms with Crippen molar-refractivity contribution < 1.29 is 9.47 Å². The summed E-state index contributed by atoms with van der Waals surface area (Å²) in [5.41, 5.74) is 6.94. The van der Waals surface area contributed by atoms with Crippen molar-refractivity contribution >= 4 is 0 Å². The first-order chi connectivity index (χ1) is 8.78. The molecule has 2 unspecified atom stereocenters. The van der Waals surface area contributed by atoms with Gasteiger partial charge in [-0.1, -0.05) is 0 Å². The molecule has 100 valence electrons. The quantitative estimate of drug-likeness (QED) is 0.872. The predicted octanol–water partition coefficient (Wildman–Crippen LogP) is 2.94. The van der Waals surface area contributed by atoms with Crippen molar-refractivity contribution in [3.8, 4) is 11.5 Å². The Labute approximate surface area is 109 Å². The predicted molar refractivity (Wildman–Crippen MR) is 73.3 cm³/mol. The summed E-state index contributed by atoms with van der Waals surface area (Å²) >= 11 is 0. The van der Waals surface area contributed by atoms with Crippen molar-refractivity contribution in [2.45, 2.75) is 31.6 Å². The van der Waals surface area contributed by atoms with Crippen LogP contribution in [0.5, 0.6) is 11.5 Å². The largest absolute Gasteiger partial charge is 0.497 e. The van der Waals surface area contributed by atoms with Gasteiger partial charge in [0.1, 0.15) is 11.5 Å². The molecule has 2 rings (SSSR count). The van der Waals surface area contributed by atoms with Crippen LogP contribution in [0.3, 0.4) is 0 Å². The molecule has 2 atom stereocenters. The Morgan fingerprint density at radius 3 is 2.72 bits per heavy atom. The van der Waals surface area contributed by atoms with Crippen molar-refractivity contribution in [1.29, 1.82) is 0 Å². The van der Waals surface area contributed by atoms with Crippen LogP contribution in [-0.4, -0.2) is 20.8 Å². The molecule has 2 N–H and O–H groups in total. The minimum atomic E-state index is 0.589. The Morgan fingerprint density at radius 1 is 1.22 bits per heavy atom. The molecule has 18 heavy (non-hydrogen) atoms. The summed E-state index contributed by atoms with van der Waals surface area (Å²) in [6, 6.07) is 6.08. The highest BCUT2D eigenvalue weighted by Crippen LogP contribution is 2.43. The molecule has 0 aromatic heterocycles. The molecule has 1 fully saturated rings. The number of methoxy groups -OCH3 is 2. The minimum Gasteiger partial charge on any atom is -0.497 e. The lowest BCUT2D eigenvalue weighted by molar-refractivity contribution is 0.394. The van der Waals surface area contributed by atoms with E-state index in [0.717, 1.165) is 30.4 Å². The molecular formula is C15H23NO2. The number of hydrogen-bond acceptors (Lipinski definition) is 3. The smallest absolute Gasteiger partial charge is 0.122 e.